The van der Waals surface area contributed by atoms with Crippen LogP contribution in [0.5, 0.6) is 17.2 Å². The maximum Gasteiger partial charge on any atom is 0.143 e. The van der Waals surface area contributed by atoms with Gasteiger partial charge in [-0.15, -0.1) is 68.0 Å². The van der Waals surface area contributed by atoms with E-state index >= 15 is 0 Å². The van der Waals surface area contributed by atoms with E-state index in [0.29, 0.717) is 34.0 Å². The Balaban J connectivity index is 1.11. The number of hydrogen-bond donors (Lipinski definition) is 0. The van der Waals surface area contributed by atoms with E-state index in [0.717, 1.165) is 92.3 Å². The van der Waals surface area contributed by atoms with Gasteiger partial charge in [-0.25, -0.2) is 0 Å². The minimum atomic E-state index is 0.102. The van der Waals surface area contributed by atoms with Crippen molar-refractivity contribution in [2.24, 2.45) is 0 Å². The predicted octanol–water partition coefficient (Wildman–Crippen LogP) is 18.0. The fourth-order valence-corrected chi connectivity index (χ4v) is 14.6. The summed E-state index contributed by atoms with van der Waals surface area (Å²) in [6, 6.07) is 54.9. The number of ether oxygens (including phenoxy) is 3. The van der Waals surface area contributed by atoms with Gasteiger partial charge in [0, 0.05) is 58.5 Å². The van der Waals surface area contributed by atoms with Crippen molar-refractivity contribution < 1.29 is 14.2 Å². The zero-order valence-electron chi connectivity index (χ0n) is 41.4. The number of anilines is 3. The molecule has 76 heavy (non-hydrogen) atoms. The topological polar surface area (TPSA) is 174 Å². The van der Waals surface area contributed by atoms with E-state index in [1.165, 1.54) is 0 Å². The van der Waals surface area contributed by atoms with Crippen molar-refractivity contribution >= 4 is 102 Å². The van der Waals surface area contributed by atoms with Gasteiger partial charge in [-0.3, -0.25) is 4.90 Å². The second-order valence-electron chi connectivity index (χ2n) is 16.6. The molecule has 0 aliphatic rings. The zero-order valence-corrected chi connectivity index (χ0v) is 46.3. The summed E-state index contributed by atoms with van der Waals surface area (Å²) in [6.45, 7) is 5.39. The summed E-state index contributed by atoms with van der Waals surface area (Å²) in [5.74, 6) is 1.80. The lowest BCUT2D eigenvalue weighted by Crippen LogP contribution is -2.13. The smallest absolute Gasteiger partial charge is 0.143 e. The summed E-state index contributed by atoms with van der Waals surface area (Å²) in [5, 5.41) is 56.8. The highest BCUT2D eigenvalue weighted by molar-refractivity contribution is 7.25. The molecule has 0 aliphatic carbocycles. The van der Waals surface area contributed by atoms with Crippen LogP contribution in [0, 0.1) is 68.0 Å². The number of nitrogens with zero attached hydrogens (tertiary/aromatic N) is 7. The predicted molar refractivity (Wildman–Crippen MR) is 312 cm³/mol. The van der Waals surface area contributed by atoms with Crippen molar-refractivity contribution in [3.8, 4) is 114 Å². The summed E-state index contributed by atoms with van der Waals surface area (Å²) in [6.07, 6.45) is 0. The number of thiophene rings is 6. The zero-order chi connectivity index (χ0) is 53.6. The fourth-order valence-electron chi connectivity index (χ4n) is 8.28. The molecule has 6 aromatic heterocycles. The summed E-state index contributed by atoms with van der Waals surface area (Å²) in [5.41, 5.74) is 7.33. The third-order valence-corrected chi connectivity index (χ3v) is 20.0. The molecule has 0 aliphatic heterocycles. The maximum absolute atomic E-state index is 9.46. The number of allylic oxidation sites excluding steroid dienone is 6. The molecule has 0 amide bonds. The Kier molecular flexibility index (Phi) is 15.6. The fraction of sp³-hybridized carbons (Fsp3) is 0.100. The molecular weight excluding hydrogens is 1060 g/mol. The van der Waals surface area contributed by atoms with Crippen molar-refractivity contribution in [2.75, 3.05) is 26.2 Å². The Morgan fingerprint density at radius 2 is 0.566 bits per heavy atom. The molecule has 0 saturated carbocycles. The molecule has 368 valence electrons. The van der Waals surface area contributed by atoms with Crippen molar-refractivity contribution in [3.05, 3.63) is 159 Å². The lowest BCUT2D eigenvalue weighted by atomic mass is 10.1. The van der Waals surface area contributed by atoms with Crippen LogP contribution in [0.3, 0.4) is 0 Å². The average molecular weight is 1100 g/mol. The molecule has 6 heterocycles. The minimum absolute atomic E-state index is 0.102. The summed E-state index contributed by atoms with van der Waals surface area (Å²) in [7, 11) is 4.97. The van der Waals surface area contributed by atoms with Gasteiger partial charge in [0.15, 0.2) is 0 Å². The molecule has 0 bridgehead atoms. The molecule has 0 radical (unpaired) electrons. The average Bonchev–Trinajstić information content (AvgIpc) is 4.33. The summed E-state index contributed by atoms with van der Waals surface area (Å²) in [4.78, 5) is 14.0. The van der Waals surface area contributed by atoms with Gasteiger partial charge in [0.2, 0.25) is 0 Å². The second kappa shape index (κ2) is 22.8. The van der Waals surface area contributed by atoms with E-state index in [9.17, 15) is 31.6 Å². The lowest BCUT2D eigenvalue weighted by molar-refractivity contribution is 0.410. The summed E-state index contributed by atoms with van der Waals surface area (Å²) >= 11 is 9.55. The van der Waals surface area contributed by atoms with Crippen molar-refractivity contribution in [1.82, 2.24) is 0 Å². The van der Waals surface area contributed by atoms with Crippen molar-refractivity contribution in [2.45, 2.75) is 20.8 Å². The maximum atomic E-state index is 9.46. The Labute approximate surface area is 464 Å². The Morgan fingerprint density at radius 3 is 0.816 bits per heavy atom. The van der Waals surface area contributed by atoms with Crippen LogP contribution in [-0.4, -0.2) is 21.3 Å². The third kappa shape index (κ3) is 10.2. The molecule has 9 rings (SSSR count). The monoisotopic (exact) mass is 1100 g/mol. The van der Waals surface area contributed by atoms with Gasteiger partial charge >= 0.3 is 0 Å². The highest BCUT2D eigenvalue weighted by Crippen LogP contribution is 2.52. The van der Waals surface area contributed by atoms with Gasteiger partial charge in [0.25, 0.3) is 0 Å². The minimum Gasteiger partial charge on any atom is -0.495 e. The van der Waals surface area contributed by atoms with Crippen LogP contribution < -0.4 is 19.1 Å². The lowest BCUT2D eigenvalue weighted by Gasteiger charge is -2.30. The van der Waals surface area contributed by atoms with Gasteiger partial charge < -0.3 is 14.2 Å². The van der Waals surface area contributed by atoms with E-state index in [1.54, 1.807) is 110 Å². The second-order valence-corrected chi connectivity index (χ2v) is 23.2. The van der Waals surface area contributed by atoms with Crippen LogP contribution >= 0.6 is 68.0 Å². The number of benzene rings is 3. The molecule has 0 fully saturated rings. The summed E-state index contributed by atoms with van der Waals surface area (Å²) < 4.78 is 18.8. The molecule has 9 aromatic rings. The standard InChI is InChI=1S/C60H39N7O3S6/c1-34(40(28-61)29-62)49-13-19-55(71-49)58-22-16-52(74-58)37-7-10-43(46(25-37)68-4)67(44-11-8-38(26-47(44)69-5)53-17-23-59(75-53)56-20-14-50(72-56)35(2)41(30-63)31-64)45-12-9-39(27-48(45)70-6)54-18-24-60(76-54)57-21-15-51(73-57)36(3)42(32-65)33-66/h7-27H,1-6H3. The highest BCUT2D eigenvalue weighted by Gasteiger charge is 2.26. The third-order valence-electron chi connectivity index (χ3n) is 12.4. The number of nitriles is 6. The van der Waals surface area contributed by atoms with E-state index in [-0.39, 0.29) is 16.7 Å². The first kappa shape index (κ1) is 52.1. The molecule has 16 heteroatoms. The van der Waals surface area contributed by atoms with E-state index in [2.05, 4.69) is 59.5 Å². The molecule has 0 unspecified atom stereocenters. The van der Waals surface area contributed by atoms with Crippen molar-refractivity contribution in [1.29, 1.82) is 31.6 Å². The largest absolute Gasteiger partial charge is 0.495 e. The van der Waals surface area contributed by atoms with E-state index in [1.807, 2.05) is 109 Å². The first-order valence-corrected chi connectivity index (χ1v) is 27.9. The molecular formula is C60H39N7O3S6. The van der Waals surface area contributed by atoms with Gasteiger partial charge in [-0.05, 0) is 163 Å². The molecule has 10 nitrogen and oxygen atoms in total. The Morgan fingerprint density at radius 1 is 0.329 bits per heavy atom. The van der Waals surface area contributed by atoms with Gasteiger partial charge in [0.1, 0.15) is 70.4 Å². The van der Waals surface area contributed by atoms with Crippen LogP contribution in [-0.2, 0) is 0 Å². The van der Waals surface area contributed by atoms with Gasteiger partial charge in [-0.1, -0.05) is 18.2 Å². The Bertz CT molecular complexity index is 3640. The normalized spacial score (nSPS) is 10.4. The first-order chi connectivity index (χ1) is 37.0. The Hall–Kier alpha value is -8.78. The molecule has 0 atom stereocenters. The van der Waals surface area contributed by atoms with Gasteiger partial charge in [-0.2, -0.15) is 31.6 Å². The van der Waals surface area contributed by atoms with Crippen LogP contribution in [0.2, 0.25) is 0 Å². The SMILES string of the molecule is COc1cc(-c2ccc(-c3ccc(C(C)=C(C#N)C#N)s3)s2)ccc1N(c1ccc(-c2ccc(-c3ccc(C(C)=C(C#N)C#N)s3)s2)cc1OC)c1ccc(-c2ccc(-c3ccc(C(C)=C(C#N)C#N)s3)s2)cc1OC. The van der Waals surface area contributed by atoms with E-state index < -0.39 is 0 Å². The van der Waals surface area contributed by atoms with Crippen LogP contribution in [0.25, 0.3) is 77.3 Å². The number of hydrogen-bond acceptors (Lipinski definition) is 16. The molecule has 0 spiro atoms. The van der Waals surface area contributed by atoms with Crippen LogP contribution in [0.1, 0.15) is 35.4 Å². The van der Waals surface area contributed by atoms with Crippen LogP contribution in [0.15, 0.2) is 144 Å². The molecule has 0 N–H and O–H groups in total. The van der Waals surface area contributed by atoms with E-state index in [4.69, 9.17) is 14.2 Å². The quantitative estimate of drug-likeness (QED) is 0.0899. The van der Waals surface area contributed by atoms with Crippen molar-refractivity contribution in [3.63, 3.8) is 0 Å². The highest BCUT2D eigenvalue weighted by atomic mass is 32.1. The van der Waals surface area contributed by atoms with Crippen LogP contribution in [0.4, 0.5) is 17.1 Å². The van der Waals surface area contributed by atoms with Gasteiger partial charge in [0.05, 0.1) is 38.4 Å². The number of rotatable bonds is 15. The molecule has 0 saturated heterocycles. The molecule has 3 aromatic carbocycles. The first-order valence-electron chi connectivity index (χ1n) is 23.0. The number of methoxy groups -OCH3 is 3.